The highest BCUT2D eigenvalue weighted by molar-refractivity contribution is 7.89. The second-order valence-electron chi connectivity index (χ2n) is 5.49. The van der Waals surface area contributed by atoms with Gasteiger partial charge in [0.25, 0.3) is 0 Å². The average Bonchev–Trinajstić information content (AvgIpc) is 3.38. The molecule has 0 aromatic heterocycles. The van der Waals surface area contributed by atoms with Crippen molar-refractivity contribution in [1.82, 2.24) is 4.72 Å². The Morgan fingerprint density at radius 3 is 2.45 bits per heavy atom. The molecule has 1 fully saturated rings. The van der Waals surface area contributed by atoms with Crippen LogP contribution in [-0.2, 0) is 10.0 Å². The molecule has 2 aromatic rings. The molecule has 1 aliphatic rings. The first-order valence-electron chi connectivity index (χ1n) is 7.17. The monoisotopic (exact) mass is 312 g/mol. The van der Waals surface area contributed by atoms with E-state index in [9.17, 15) is 8.42 Å². The Morgan fingerprint density at radius 1 is 1.09 bits per heavy atom. The summed E-state index contributed by atoms with van der Waals surface area (Å²) < 4.78 is 28.0. The highest BCUT2D eigenvalue weighted by Gasteiger charge is 2.35. The van der Waals surface area contributed by atoms with Crippen LogP contribution >= 0.6 is 0 Å². The Bertz CT molecular complexity index is 806. The summed E-state index contributed by atoms with van der Waals surface area (Å²) in [6, 6.07) is 17.5. The number of rotatable bonds is 5. The molecule has 0 aliphatic heterocycles. The molecule has 3 rings (SSSR count). The third-order valence-corrected chi connectivity index (χ3v) is 5.25. The molecule has 22 heavy (non-hydrogen) atoms. The van der Waals surface area contributed by atoms with Gasteiger partial charge in [-0.05, 0) is 42.5 Å². The van der Waals surface area contributed by atoms with Crippen molar-refractivity contribution < 1.29 is 8.42 Å². The summed E-state index contributed by atoms with van der Waals surface area (Å²) in [5, 5.41) is 8.92. The van der Waals surface area contributed by atoms with Gasteiger partial charge in [0.15, 0.2) is 0 Å². The van der Waals surface area contributed by atoms with Crippen LogP contribution in [0, 0.1) is 17.2 Å². The number of nitrogens with zero attached hydrogens (tertiary/aromatic N) is 1. The topological polar surface area (TPSA) is 70.0 Å². The van der Waals surface area contributed by atoms with E-state index in [2.05, 4.69) is 4.72 Å². The third-order valence-electron chi connectivity index (χ3n) is 3.81. The van der Waals surface area contributed by atoms with Crippen LogP contribution < -0.4 is 4.72 Å². The molecule has 0 spiro atoms. The van der Waals surface area contributed by atoms with Crippen molar-refractivity contribution in [3.05, 3.63) is 65.7 Å². The molecular formula is C17H16N2O2S. The van der Waals surface area contributed by atoms with Crippen molar-refractivity contribution in [2.24, 2.45) is 5.92 Å². The van der Waals surface area contributed by atoms with E-state index in [-0.39, 0.29) is 10.9 Å². The molecule has 1 aliphatic carbocycles. The number of nitrogens with one attached hydrogen (secondary N) is 1. The van der Waals surface area contributed by atoms with E-state index in [1.165, 1.54) is 12.1 Å². The summed E-state index contributed by atoms with van der Waals surface area (Å²) in [4.78, 5) is 0.133. The van der Waals surface area contributed by atoms with Gasteiger partial charge >= 0.3 is 0 Å². The summed E-state index contributed by atoms with van der Waals surface area (Å²) >= 11 is 0. The maximum Gasteiger partial charge on any atom is 0.241 e. The van der Waals surface area contributed by atoms with Gasteiger partial charge in [-0.3, -0.25) is 0 Å². The van der Waals surface area contributed by atoms with Crippen LogP contribution in [0.3, 0.4) is 0 Å². The summed E-state index contributed by atoms with van der Waals surface area (Å²) in [6.45, 7) is 0. The van der Waals surface area contributed by atoms with E-state index in [4.69, 9.17) is 5.26 Å². The van der Waals surface area contributed by atoms with E-state index in [1.807, 2.05) is 36.4 Å². The number of hydrogen-bond donors (Lipinski definition) is 1. The van der Waals surface area contributed by atoms with Crippen molar-refractivity contribution in [3.63, 3.8) is 0 Å². The predicted octanol–water partition coefficient (Wildman–Crippen LogP) is 2.99. The van der Waals surface area contributed by atoms with Crippen molar-refractivity contribution in [2.45, 2.75) is 23.8 Å². The van der Waals surface area contributed by atoms with E-state index in [1.54, 1.807) is 12.1 Å². The summed E-state index contributed by atoms with van der Waals surface area (Å²) in [7, 11) is -3.65. The first-order valence-corrected chi connectivity index (χ1v) is 8.66. The standard InChI is InChI=1S/C17H16N2O2S/c18-12-13-5-4-8-16(11-13)22(20,21)19-17(15-9-10-15)14-6-2-1-3-7-14/h1-8,11,15,17,19H,9-10H2. The van der Waals surface area contributed by atoms with Crippen LogP contribution in [0.4, 0.5) is 0 Å². The van der Waals surface area contributed by atoms with Crippen LogP contribution in [0.15, 0.2) is 59.5 Å². The zero-order valence-electron chi connectivity index (χ0n) is 11.9. The lowest BCUT2D eigenvalue weighted by Gasteiger charge is -2.19. The molecule has 112 valence electrons. The largest absolute Gasteiger partial charge is 0.241 e. The molecule has 2 aromatic carbocycles. The molecule has 1 saturated carbocycles. The van der Waals surface area contributed by atoms with Crippen LogP contribution in [0.1, 0.15) is 30.0 Å². The molecule has 0 heterocycles. The Morgan fingerprint density at radius 2 is 1.82 bits per heavy atom. The highest BCUT2D eigenvalue weighted by atomic mass is 32.2. The maximum atomic E-state index is 12.6. The average molecular weight is 312 g/mol. The lowest BCUT2D eigenvalue weighted by atomic mass is 10.0. The molecule has 1 N–H and O–H groups in total. The second kappa shape index (κ2) is 5.91. The lowest BCUT2D eigenvalue weighted by Crippen LogP contribution is -2.30. The predicted molar refractivity (Wildman–Crippen MR) is 83.4 cm³/mol. The normalized spacial score (nSPS) is 16.0. The minimum absolute atomic E-state index is 0.133. The smallest absolute Gasteiger partial charge is 0.207 e. The van der Waals surface area contributed by atoms with Crippen molar-refractivity contribution in [3.8, 4) is 6.07 Å². The number of benzene rings is 2. The van der Waals surface area contributed by atoms with Crippen LogP contribution in [0.25, 0.3) is 0 Å². The van der Waals surface area contributed by atoms with Crippen molar-refractivity contribution in [1.29, 1.82) is 5.26 Å². The summed E-state index contributed by atoms with van der Waals surface area (Å²) in [6.07, 6.45) is 2.06. The molecule has 5 heteroatoms. The number of sulfonamides is 1. The van der Waals surface area contributed by atoms with Crippen molar-refractivity contribution in [2.75, 3.05) is 0 Å². The fourth-order valence-corrected chi connectivity index (χ4v) is 3.83. The number of nitriles is 1. The zero-order chi connectivity index (χ0) is 15.6. The Balaban J connectivity index is 1.90. The summed E-state index contributed by atoms with van der Waals surface area (Å²) in [5.74, 6) is 0.344. The minimum atomic E-state index is -3.65. The van der Waals surface area contributed by atoms with Crippen LogP contribution in [-0.4, -0.2) is 8.42 Å². The molecule has 0 saturated heterocycles. The minimum Gasteiger partial charge on any atom is -0.207 e. The van der Waals surface area contributed by atoms with E-state index in [0.717, 1.165) is 18.4 Å². The maximum absolute atomic E-state index is 12.6. The van der Waals surface area contributed by atoms with Gasteiger partial charge in [-0.25, -0.2) is 13.1 Å². The van der Waals surface area contributed by atoms with E-state index < -0.39 is 10.0 Å². The van der Waals surface area contributed by atoms with Gasteiger partial charge in [-0.15, -0.1) is 0 Å². The molecule has 1 unspecified atom stereocenters. The first-order chi connectivity index (χ1) is 10.6. The Hall–Kier alpha value is -2.16. The quantitative estimate of drug-likeness (QED) is 0.922. The molecule has 0 amide bonds. The Kier molecular flexibility index (Phi) is 3.97. The SMILES string of the molecule is N#Cc1cccc(S(=O)(=O)NC(c2ccccc2)C2CC2)c1. The second-order valence-corrected chi connectivity index (χ2v) is 7.20. The van der Waals surface area contributed by atoms with Gasteiger partial charge < -0.3 is 0 Å². The van der Waals surface area contributed by atoms with Crippen molar-refractivity contribution >= 4 is 10.0 Å². The van der Waals surface area contributed by atoms with E-state index in [0.29, 0.717) is 11.5 Å². The third kappa shape index (κ3) is 3.19. The summed E-state index contributed by atoms with van der Waals surface area (Å²) in [5.41, 5.74) is 1.32. The molecule has 0 radical (unpaired) electrons. The fraction of sp³-hybridized carbons (Fsp3) is 0.235. The Labute approximate surface area is 130 Å². The molecule has 1 atom stereocenters. The lowest BCUT2D eigenvalue weighted by molar-refractivity contribution is 0.529. The zero-order valence-corrected chi connectivity index (χ0v) is 12.8. The van der Waals surface area contributed by atoms with Gasteiger partial charge in [0, 0.05) is 6.04 Å². The van der Waals surface area contributed by atoms with Gasteiger partial charge in [-0.2, -0.15) is 5.26 Å². The molecule has 4 nitrogen and oxygen atoms in total. The number of hydrogen-bond acceptors (Lipinski definition) is 3. The van der Waals surface area contributed by atoms with E-state index >= 15 is 0 Å². The molecular weight excluding hydrogens is 296 g/mol. The molecule has 0 bridgehead atoms. The van der Waals surface area contributed by atoms with Gasteiger partial charge in [0.05, 0.1) is 16.5 Å². The van der Waals surface area contributed by atoms with Gasteiger partial charge in [0.2, 0.25) is 10.0 Å². The van der Waals surface area contributed by atoms with Gasteiger partial charge in [-0.1, -0.05) is 36.4 Å². The van der Waals surface area contributed by atoms with Crippen LogP contribution in [0.5, 0.6) is 0 Å². The van der Waals surface area contributed by atoms with Gasteiger partial charge in [0.1, 0.15) is 0 Å². The van der Waals surface area contributed by atoms with Crippen LogP contribution in [0.2, 0.25) is 0 Å². The first kappa shape index (κ1) is 14.8. The highest BCUT2D eigenvalue weighted by Crippen LogP contribution is 2.41. The fourth-order valence-electron chi connectivity index (χ4n) is 2.49.